The molecule has 1 amide bonds. The van der Waals surface area contributed by atoms with Crippen LogP contribution in [0, 0.1) is 11.3 Å². The molecule has 6 heteroatoms. The fourth-order valence-corrected chi connectivity index (χ4v) is 2.48. The molecule has 116 valence electrons. The Morgan fingerprint density at radius 2 is 2.14 bits per heavy atom. The van der Waals surface area contributed by atoms with Gasteiger partial charge in [0.2, 0.25) is 5.91 Å². The predicted octanol–water partition coefficient (Wildman–Crippen LogP) is 1.23. The highest BCUT2D eigenvalue weighted by Crippen LogP contribution is 2.47. The number of hydrogen-bond donors (Lipinski definition) is 1. The Morgan fingerprint density at radius 3 is 2.62 bits per heavy atom. The van der Waals surface area contributed by atoms with Crippen LogP contribution in [0.15, 0.2) is 12.4 Å². The normalized spacial score (nSPS) is 22.5. The second-order valence-electron chi connectivity index (χ2n) is 6.73. The van der Waals surface area contributed by atoms with Crippen molar-refractivity contribution < 1.29 is 14.3 Å². The quantitative estimate of drug-likeness (QED) is 0.847. The molecule has 1 saturated carbocycles. The molecule has 0 unspecified atom stereocenters. The zero-order valence-corrected chi connectivity index (χ0v) is 13.2. The van der Waals surface area contributed by atoms with E-state index in [4.69, 9.17) is 4.74 Å². The second kappa shape index (κ2) is 5.50. The minimum Gasteiger partial charge on any atom is -0.467 e. The molecule has 2 rings (SSSR count). The molecule has 0 aliphatic heterocycles. The molecule has 3 atom stereocenters. The summed E-state index contributed by atoms with van der Waals surface area (Å²) in [5.74, 6) is -0.371. The number of carbonyl (C=O) groups is 2. The molecule has 0 aromatic carbocycles. The van der Waals surface area contributed by atoms with Gasteiger partial charge in [-0.05, 0) is 23.3 Å². The van der Waals surface area contributed by atoms with Crippen molar-refractivity contribution in [1.82, 2.24) is 15.1 Å². The zero-order valence-electron chi connectivity index (χ0n) is 13.2. The van der Waals surface area contributed by atoms with Gasteiger partial charge < -0.3 is 10.1 Å². The summed E-state index contributed by atoms with van der Waals surface area (Å²) in [4.78, 5) is 24.2. The van der Waals surface area contributed by atoms with E-state index in [0.29, 0.717) is 0 Å². The molecule has 0 spiro atoms. The van der Waals surface area contributed by atoms with Crippen LogP contribution < -0.4 is 5.32 Å². The fraction of sp³-hybridized carbons (Fsp3) is 0.667. The minimum atomic E-state index is -0.634. The number of carbonyl (C=O) groups excluding carboxylic acids is 2. The van der Waals surface area contributed by atoms with Crippen molar-refractivity contribution in [2.75, 3.05) is 7.11 Å². The van der Waals surface area contributed by atoms with Gasteiger partial charge in [-0.25, -0.2) is 4.79 Å². The lowest BCUT2D eigenvalue weighted by Crippen LogP contribution is -2.50. The molecule has 0 bridgehead atoms. The maximum Gasteiger partial charge on any atom is 0.328 e. The van der Waals surface area contributed by atoms with Crippen LogP contribution in [-0.2, 0) is 21.4 Å². The number of nitrogens with zero attached hydrogens (tertiary/aromatic N) is 2. The van der Waals surface area contributed by atoms with Crippen molar-refractivity contribution >= 4 is 11.9 Å². The number of nitrogens with one attached hydrogen (secondary N) is 1. The highest BCUT2D eigenvalue weighted by Gasteiger charge is 2.46. The summed E-state index contributed by atoms with van der Waals surface area (Å²) >= 11 is 0. The van der Waals surface area contributed by atoms with Crippen LogP contribution >= 0.6 is 0 Å². The van der Waals surface area contributed by atoms with Crippen LogP contribution in [0.25, 0.3) is 0 Å². The lowest BCUT2D eigenvalue weighted by Gasteiger charge is -2.29. The number of methoxy groups -OCH3 is 1. The molecule has 0 radical (unpaired) electrons. The van der Waals surface area contributed by atoms with E-state index in [1.54, 1.807) is 10.9 Å². The van der Waals surface area contributed by atoms with Crippen molar-refractivity contribution in [3.63, 3.8) is 0 Å². The Balaban J connectivity index is 2.00. The highest BCUT2D eigenvalue weighted by molar-refractivity contribution is 5.88. The lowest BCUT2D eigenvalue weighted by molar-refractivity contribution is -0.148. The maximum absolute atomic E-state index is 12.3. The molecule has 1 N–H and O–H groups in total. The van der Waals surface area contributed by atoms with Crippen molar-refractivity contribution in [2.24, 2.45) is 18.4 Å². The van der Waals surface area contributed by atoms with Gasteiger partial charge in [-0.2, -0.15) is 5.10 Å². The predicted molar refractivity (Wildman–Crippen MR) is 77.5 cm³/mol. The summed E-state index contributed by atoms with van der Waals surface area (Å²) in [6, 6.07) is -0.634. The number of aromatic nitrogens is 2. The average molecular weight is 293 g/mol. The van der Waals surface area contributed by atoms with E-state index >= 15 is 0 Å². The van der Waals surface area contributed by atoms with Crippen LogP contribution in [0.2, 0.25) is 0 Å². The van der Waals surface area contributed by atoms with Crippen molar-refractivity contribution in [2.45, 2.75) is 39.2 Å². The standard InChI is InChI=1S/C15H23N3O3/c1-15(2,3)12(14(20)21-5)17-13(19)11-6-10(11)9-7-16-18(4)8-9/h7-8,10-12H,6H2,1-5H3,(H,17,19)/t10-,11-,12+/m1/s1. The fourth-order valence-electron chi connectivity index (χ4n) is 2.48. The summed E-state index contributed by atoms with van der Waals surface area (Å²) in [5.41, 5.74) is 0.685. The molecule has 0 saturated heterocycles. The largest absolute Gasteiger partial charge is 0.467 e. The van der Waals surface area contributed by atoms with Crippen molar-refractivity contribution in [1.29, 1.82) is 0 Å². The Kier molecular flexibility index (Phi) is 4.07. The highest BCUT2D eigenvalue weighted by atomic mass is 16.5. The van der Waals surface area contributed by atoms with E-state index in [0.717, 1.165) is 12.0 Å². The second-order valence-corrected chi connectivity index (χ2v) is 6.73. The van der Waals surface area contributed by atoms with E-state index < -0.39 is 12.0 Å². The van der Waals surface area contributed by atoms with Gasteiger partial charge in [-0.15, -0.1) is 0 Å². The third-order valence-electron chi connectivity index (χ3n) is 3.87. The average Bonchev–Trinajstić information content (AvgIpc) is 3.09. The Labute approximate surface area is 124 Å². The summed E-state index contributed by atoms with van der Waals surface area (Å²) in [5, 5.41) is 6.96. The SMILES string of the molecule is COC(=O)[C@H](NC(=O)[C@@H]1C[C@@H]1c1cnn(C)c1)C(C)(C)C. The van der Waals surface area contributed by atoms with E-state index in [2.05, 4.69) is 10.4 Å². The molecular weight excluding hydrogens is 270 g/mol. The molecule has 1 aliphatic carbocycles. The van der Waals surface area contributed by atoms with Gasteiger partial charge in [0.1, 0.15) is 6.04 Å². The minimum absolute atomic E-state index is 0.0799. The molecule has 1 heterocycles. The molecule has 1 aromatic rings. The summed E-state index contributed by atoms with van der Waals surface area (Å²) in [6.07, 6.45) is 4.52. The molecule has 6 nitrogen and oxygen atoms in total. The first-order valence-corrected chi connectivity index (χ1v) is 7.10. The van der Waals surface area contributed by atoms with Gasteiger partial charge in [0.25, 0.3) is 0 Å². The third-order valence-corrected chi connectivity index (χ3v) is 3.87. The number of hydrogen-bond acceptors (Lipinski definition) is 4. The first-order valence-electron chi connectivity index (χ1n) is 7.10. The molecule has 21 heavy (non-hydrogen) atoms. The van der Waals surface area contributed by atoms with Crippen LogP contribution in [0.5, 0.6) is 0 Å². The topological polar surface area (TPSA) is 73.2 Å². The maximum atomic E-state index is 12.3. The van der Waals surface area contributed by atoms with Crippen molar-refractivity contribution in [3.05, 3.63) is 18.0 Å². The molecule has 1 fully saturated rings. The van der Waals surface area contributed by atoms with Gasteiger partial charge in [0, 0.05) is 19.2 Å². The van der Waals surface area contributed by atoms with Crippen LogP contribution in [-0.4, -0.2) is 34.8 Å². The van der Waals surface area contributed by atoms with Crippen molar-refractivity contribution in [3.8, 4) is 0 Å². The number of ether oxygens (including phenoxy) is 1. The monoisotopic (exact) mass is 293 g/mol. The van der Waals surface area contributed by atoms with E-state index in [9.17, 15) is 9.59 Å². The van der Waals surface area contributed by atoms with Gasteiger partial charge in [0.15, 0.2) is 0 Å². The first-order chi connectivity index (χ1) is 9.74. The van der Waals surface area contributed by atoms with Gasteiger partial charge >= 0.3 is 5.97 Å². The number of amides is 1. The molecular formula is C15H23N3O3. The van der Waals surface area contributed by atoms with E-state index in [-0.39, 0.29) is 23.2 Å². The summed E-state index contributed by atoms with van der Waals surface area (Å²) in [7, 11) is 3.19. The zero-order chi connectivity index (χ0) is 15.8. The Bertz CT molecular complexity index is 545. The molecule has 1 aromatic heterocycles. The van der Waals surface area contributed by atoms with Crippen LogP contribution in [0.4, 0.5) is 0 Å². The third kappa shape index (κ3) is 3.43. The van der Waals surface area contributed by atoms with E-state index in [1.807, 2.05) is 34.0 Å². The number of esters is 1. The first kappa shape index (κ1) is 15.5. The molecule has 1 aliphatic rings. The summed E-state index contributed by atoms with van der Waals surface area (Å²) < 4.78 is 6.52. The van der Waals surface area contributed by atoms with E-state index in [1.165, 1.54) is 7.11 Å². The lowest BCUT2D eigenvalue weighted by atomic mass is 9.86. The van der Waals surface area contributed by atoms with Gasteiger partial charge in [-0.1, -0.05) is 20.8 Å². The Hall–Kier alpha value is -1.85. The summed E-state index contributed by atoms with van der Waals surface area (Å²) in [6.45, 7) is 5.71. The number of rotatable bonds is 4. The van der Waals surface area contributed by atoms with Gasteiger partial charge in [0.05, 0.1) is 13.3 Å². The number of aryl methyl sites for hydroxylation is 1. The van der Waals surface area contributed by atoms with Crippen LogP contribution in [0.3, 0.4) is 0 Å². The van der Waals surface area contributed by atoms with Crippen LogP contribution in [0.1, 0.15) is 38.7 Å². The van der Waals surface area contributed by atoms with Gasteiger partial charge in [-0.3, -0.25) is 9.48 Å². The Morgan fingerprint density at radius 1 is 1.48 bits per heavy atom. The smallest absolute Gasteiger partial charge is 0.328 e.